The number of amides is 1. The molecule has 4 heterocycles. The normalized spacial score (nSPS) is 21.9. The van der Waals surface area contributed by atoms with Gasteiger partial charge in [0.05, 0.1) is 18.2 Å². The van der Waals surface area contributed by atoms with Crippen molar-refractivity contribution in [3.05, 3.63) is 36.2 Å². The quantitative estimate of drug-likeness (QED) is 0.321. The monoisotopic (exact) mass is 491 g/mol. The first kappa shape index (κ1) is 28.0. The van der Waals surface area contributed by atoms with Crippen LogP contribution in [0.5, 0.6) is 0 Å². The number of H-pyrrole nitrogens is 1. The Hall–Kier alpha value is -3.25. The maximum atomic E-state index is 13.4. The Balaban J connectivity index is 0.000000655. The second kappa shape index (κ2) is 14.2. The average Bonchev–Trinajstić information content (AvgIpc) is 3.50. The summed E-state index contributed by atoms with van der Waals surface area (Å²) in [5.41, 5.74) is 0.936. The number of piperidine rings is 2. The van der Waals surface area contributed by atoms with Gasteiger partial charge in [-0.1, -0.05) is 0 Å². The topological polar surface area (TPSA) is 157 Å². The smallest absolute Gasteiger partial charge is 0.290 e. The molecule has 2 atom stereocenters. The van der Waals surface area contributed by atoms with E-state index in [-0.39, 0.29) is 30.3 Å². The number of aromatic nitrogens is 4. The third kappa shape index (κ3) is 7.89. The van der Waals surface area contributed by atoms with Crippen molar-refractivity contribution >= 4 is 18.9 Å². The van der Waals surface area contributed by atoms with Gasteiger partial charge in [-0.3, -0.25) is 24.0 Å². The third-order valence-electron chi connectivity index (χ3n) is 6.62. The standard InChI is InChI=1S/C21H33N7O.2CH2O2/c1-26-12-7-21(20(29)24-8-3-5-17-13-25-27(2)14-17)6-4-11-28(18(21)15-26)16-19-22-9-10-23-19;2*2-1-3/h9-10,13-14,18H,3-8,11-12,15-16H2,1-2H3,(H,22,23)(H,24,29);2*1H,(H,2,3)/t18-,21+;;/m0../s1. The van der Waals surface area contributed by atoms with E-state index in [1.165, 1.54) is 5.56 Å². The second-order valence-corrected chi connectivity index (χ2v) is 8.89. The first-order valence-electron chi connectivity index (χ1n) is 11.7. The van der Waals surface area contributed by atoms with Gasteiger partial charge in [0.25, 0.3) is 12.9 Å². The molecular formula is C23H37N7O5. The summed E-state index contributed by atoms with van der Waals surface area (Å²) < 4.78 is 1.83. The van der Waals surface area contributed by atoms with Crippen LogP contribution in [0.15, 0.2) is 24.8 Å². The van der Waals surface area contributed by atoms with Gasteiger partial charge < -0.3 is 25.4 Å². The molecule has 0 unspecified atom stereocenters. The predicted molar refractivity (Wildman–Crippen MR) is 128 cm³/mol. The van der Waals surface area contributed by atoms with Crippen LogP contribution in [0.25, 0.3) is 0 Å². The van der Waals surface area contributed by atoms with Crippen LogP contribution in [0.2, 0.25) is 0 Å². The van der Waals surface area contributed by atoms with Crippen LogP contribution >= 0.6 is 0 Å². The first-order chi connectivity index (χ1) is 16.9. The Kier molecular flexibility index (Phi) is 11.4. The van der Waals surface area contributed by atoms with E-state index >= 15 is 0 Å². The molecule has 2 aliphatic heterocycles. The lowest BCUT2D eigenvalue weighted by molar-refractivity contribution is -0.145. The molecule has 0 bridgehead atoms. The summed E-state index contributed by atoms with van der Waals surface area (Å²) in [5, 5.41) is 21.3. The summed E-state index contributed by atoms with van der Waals surface area (Å²) in [4.78, 5) is 42.6. The van der Waals surface area contributed by atoms with Crippen LogP contribution in [-0.4, -0.2) is 97.9 Å². The number of fused-ring (bicyclic) bond motifs is 1. The van der Waals surface area contributed by atoms with E-state index in [1.54, 1.807) is 6.20 Å². The number of rotatable bonds is 7. The van der Waals surface area contributed by atoms with E-state index in [2.05, 4.69) is 37.2 Å². The van der Waals surface area contributed by atoms with Crippen molar-refractivity contribution in [2.24, 2.45) is 12.5 Å². The summed E-state index contributed by atoms with van der Waals surface area (Å²) in [6.07, 6.45) is 12.5. The van der Waals surface area contributed by atoms with E-state index < -0.39 is 0 Å². The van der Waals surface area contributed by atoms with Gasteiger partial charge in [0.1, 0.15) is 5.82 Å². The molecule has 1 amide bonds. The maximum absolute atomic E-state index is 13.4. The molecule has 35 heavy (non-hydrogen) atoms. The largest absolute Gasteiger partial charge is 0.483 e. The number of carboxylic acid groups (broad SMARTS) is 2. The highest BCUT2D eigenvalue weighted by molar-refractivity contribution is 5.83. The molecule has 0 saturated carbocycles. The van der Waals surface area contributed by atoms with Gasteiger partial charge in [-0.25, -0.2) is 4.98 Å². The number of hydrogen-bond acceptors (Lipinski definition) is 7. The van der Waals surface area contributed by atoms with E-state index in [9.17, 15) is 4.79 Å². The van der Waals surface area contributed by atoms with E-state index in [4.69, 9.17) is 19.8 Å². The molecule has 2 aromatic rings. The third-order valence-corrected chi connectivity index (χ3v) is 6.62. The summed E-state index contributed by atoms with van der Waals surface area (Å²) in [6, 6.07) is 0.235. The number of hydrogen-bond donors (Lipinski definition) is 4. The number of carbonyl (C=O) groups excluding carboxylic acids is 1. The molecule has 0 aromatic carbocycles. The summed E-state index contributed by atoms with van der Waals surface area (Å²) in [5.74, 6) is 1.22. The molecule has 12 heteroatoms. The molecule has 0 radical (unpaired) electrons. The SMILES string of the molecule is CN1CC[C@]2(C(=O)NCCCc3cnn(C)c3)CCCN(Cc3ncc[nH]3)[C@H]2C1.O=CO.O=CO. The van der Waals surface area contributed by atoms with E-state index in [0.717, 1.165) is 70.7 Å². The van der Waals surface area contributed by atoms with Gasteiger partial charge >= 0.3 is 0 Å². The molecule has 4 N–H and O–H groups in total. The van der Waals surface area contributed by atoms with Gasteiger partial charge in [0, 0.05) is 44.8 Å². The number of nitrogens with one attached hydrogen (secondary N) is 2. The molecular weight excluding hydrogens is 454 g/mol. The van der Waals surface area contributed by atoms with Crippen LogP contribution < -0.4 is 5.32 Å². The zero-order valence-electron chi connectivity index (χ0n) is 20.5. The first-order valence-corrected chi connectivity index (χ1v) is 11.7. The Bertz CT molecular complexity index is 898. The highest BCUT2D eigenvalue weighted by Gasteiger charge is 2.52. The Morgan fingerprint density at radius 1 is 1.26 bits per heavy atom. The molecule has 0 spiro atoms. The Labute approximate surface area is 205 Å². The van der Waals surface area contributed by atoms with Crippen LogP contribution in [-0.2, 0) is 34.4 Å². The number of aryl methyl sites for hydroxylation is 2. The van der Waals surface area contributed by atoms with Crippen LogP contribution in [0.4, 0.5) is 0 Å². The number of carbonyl (C=O) groups is 3. The lowest BCUT2D eigenvalue weighted by atomic mass is 9.67. The minimum atomic E-state index is -0.286. The number of nitrogens with zero attached hydrogens (tertiary/aromatic N) is 5. The molecule has 12 nitrogen and oxygen atoms in total. The van der Waals surface area contributed by atoms with Gasteiger partial charge in [0.15, 0.2) is 0 Å². The number of likely N-dealkylation sites (N-methyl/N-ethyl adjacent to an activating group) is 1. The highest BCUT2D eigenvalue weighted by atomic mass is 16.3. The number of aromatic amines is 1. The zero-order valence-corrected chi connectivity index (χ0v) is 20.5. The fourth-order valence-corrected chi connectivity index (χ4v) is 5.04. The van der Waals surface area contributed by atoms with E-state index in [1.807, 2.05) is 30.3 Å². The fraction of sp³-hybridized carbons (Fsp3) is 0.609. The Morgan fingerprint density at radius 2 is 2.00 bits per heavy atom. The highest BCUT2D eigenvalue weighted by Crippen LogP contribution is 2.42. The number of imidazole rings is 1. The summed E-state index contributed by atoms with van der Waals surface area (Å²) in [6.45, 7) is 3.94. The molecule has 4 rings (SSSR count). The second-order valence-electron chi connectivity index (χ2n) is 8.89. The van der Waals surface area contributed by atoms with Crippen molar-refractivity contribution in [2.75, 3.05) is 33.2 Å². The van der Waals surface area contributed by atoms with Gasteiger partial charge in [-0.2, -0.15) is 5.10 Å². The lowest BCUT2D eigenvalue weighted by Crippen LogP contribution is -2.65. The van der Waals surface area contributed by atoms with Crippen LogP contribution in [0.3, 0.4) is 0 Å². The van der Waals surface area contributed by atoms with Crippen LogP contribution in [0.1, 0.15) is 37.1 Å². The van der Waals surface area contributed by atoms with Gasteiger partial charge in [0.2, 0.25) is 5.91 Å². The minimum Gasteiger partial charge on any atom is -0.483 e. The van der Waals surface area contributed by atoms with Crippen molar-refractivity contribution in [3.8, 4) is 0 Å². The molecule has 2 fully saturated rings. The van der Waals surface area contributed by atoms with Crippen molar-refractivity contribution in [1.29, 1.82) is 0 Å². The molecule has 2 saturated heterocycles. The van der Waals surface area contributed by atoms with Gasteiger partial charge in [-0.15, -0.1) is 0 Å². The maximum Gasteiger partial charge on any atom is 0.290 e. The minimum absolute atomic E-state index is 0.235. The molecule has 194 valence electrons. The fourth-order valence-electron chi connectivity index (χ4n) is 5.04. The lowest BCUT2D eigenvalue weighted by Gasteiger charge is -2.53. The summed E-state index contributed by atoms with van der Waals surface area (Å²) >= 11 is 0. The predicted octanol–water partition coefficient (Wildman–Crippen LogP) is 0.580. The van der Waals surface area contributed by atoms with Crippen molar-refractivity contribution in [1.82, 2.24) is 34.9 Å². The van der Waals surface area contributed by atoms with Crippen LogP contribution in [0, 0.1) is 5.41 Å². The number of likely N-dealkylation sites (tertiary alicyclic amines) is 2. The Morgan fingerprint density at radius 3 is 2.63 bits per heavy atom. The molecule has 2 aromatic heterocycles. The molecule has 2 aliphatic rings. The van der Waals surface area contributed by atoms with E-state index in [0.29, 0.717) is 0 Å². The van der Waals surface area contributed by atoms with Gasteiger partial charge in [-0.05, 0) is 57.8 Å². The van der Waals surface area contributed by atoms with Crippen molar-refractivity contribution in [3.63, 3.8) is 0 Å². The average molecular weight is 492 g/mol. The van der Waals surface area contributed by atoms with Crippen molar-refractivity contribution < 1.29 is 24.6 Å². The zero-order chi connectivity index (χ0) is 25.7. The summed E-state index contributed by atoms with van der Waals surface area (Å²) in [7, 11) is 4.09. The van der Waals surface area contributed by atoms with Crippen molar-refractivity contribution in [2.45, 2.75) is 44.7 Å². The molecule has 0 aliphatic carbocycles.